The van der Waals surface area contributed by atoms with Gasteiger partial charge in [-0.2, -0.15) is 0 Å². The molecule has 1 aromatic carbocycles. The van der Waals surface area contributed by atoms with E-state index >= 15 is 0 Å². The lowest BCUT2D eigenvalue weighted by atomic mass is 9.93. The second-order valence-electron chi connectivity index (χ2n) is 4.48. The Balaban J connectivity index is 2.12. The van der Waals surface area contributed by atoms with Crippen LogP contribution in [0.3, 0.4) is 0 Å². The normalized spacial score (nSPS) is 29.0. The molecule has 1 saturated heterocycles. The van der Waals surface area contributed by atoms with E-state index in [1.165, 1.54) is 0 Å². The molecule has 2 unspecified atom stereocenters. The molecule has 0 aliphatic carbocycles. The molecule has 90 valence electrons. The van der Waals surface area contributed by atoms with Crippen LogP contribution in [0.4, 0.5) is 0 Å². The first-order valence-corrected chi connectivity index (χ1v) is 6.01. The van der Waals surface area contributed by atoms with Crippen LogP contribution in [0.25, 0.3) is 11.0 Å². The van der Waals surface area contributed by atoms with Crippen LogP contribution in [0.2, 0.25) is 5.02 Å². The fourth-order valence-electron chi connectivity index (χ4n) is 2.28. The fourth-order valence-corrected chi connectivity index (χ4v) is 2.46. The van der Waals surface area contributed by atoms with Gasteiger partial charge in [-0.25, -0.2) is 0 Å². The number of hydrogen-bond donors (Lipinski definition) is 1. The minimum Gasteiger partial charge on any atom is -0.458 e. The maximum Gasteiger partial charge on any atom is 0.150 e. The van der Waals surface area contributed by atoms with Gasteiger partial charge in [0.15, 0.2) is 0 Å². The molecule has 0 spiro atoms. The van der Waals surface area contributed by atoms with Crippen molar-refractivity contribution in [3.63, 3.8) is 0 Å². The zero-order valence-electron chi connectivity index (χ0n) is 9.44. The Labute approximate surface area is 104 Å². The molecule has 1 aliphatic heterocycles. The summed E-state index contributed by atoms with van der Waals surface area (Å²) in [6.45, 7) is 2.41. The van der Waals surface area contributed by atoms with Gasteiger partial charge in [-0.15, -0.1) is 0 Å². The minimum atomic E-state index is -1.02. The molecule has 17 heavy (non-hydrogen) atoms. The van der Waals surface area contributed by atoms with E-state index in [1.807, 2.05) is 25.1 Å². The Morgan fingerprint density at radius 3 is 2.94 bits per heavy atom. The van der Waals surface area contributed by atoms with Gasteiger partial charge in [0.2, 0.25) is 0 Å². The smallest absolute Gasteiger partial charge is 0.150 e. The number of halogens is 1. The van der Waals surface area contributed by atoms with E-state index in [2.05, 4.69) is 0 Å². The van der Waals surface area contributed by atoms with Gasteiger partial charge in [-0.1, -0.05) is 11.6 Å². The van der Waals surface area contributed by atoms with Gasteiger partial charge in [0.1, 0.15) is 16.9 Å². The summed E-state index contributed by atoms with van der Waals surface area (Å²) in [5, 5.41) is 12.1. The predicted octanol–water partition coefficient (Wildman–Crippen LogP) is 3.08. The highest BCUT2D eigenvalue weighted by Crippen LogP contribution is 2.38. The van der Waals surface area contributed by atoms with E-state index in [1.54, 1.807) is 6.07 Å². The van der Waals surface area contributed by atoms with E-state index < -0.39 is 5.60 Å². The molecule has 1 fully saturated rings. The summed E-state index contributed by atoms with van der Waals surface area (Å²) >= 11 is 5.92. The summed E-state index contributed by atoms with van der Waals surface area (Å²) < 4.78 is 11.1. The highest BCUT2D eigenvalue weighted by Gasteiger charge is 2.44. The summed E-state index contributed by atoms with van der Waals surface area (Å²) in [4.78, 5) is 0. The molecule has 1 N–H and O–H groups in total. The summed E-state index contributed by atoms with van der Waals surface area (Å²) in [7, 11) is 0. The molecule has 0 radical (unpaired) electrons. The van der Waals surface area contributed by atoms with Crippen molar-refractivity contribution in [2.24, 2.45) is 0 Å². The number of aliphatic hydroxyl groups is 1. The molecule has 0 bridgehead atoms. The van der Waals surface area contributed by atoms with E-state index in [-0.39, 0.29) is 6.10 Å². The Bertz CT molecular complexity index is 563. The number of rotatable bonds is 1. The predicted molar refractivity (Wildman–Crippen MR) is 65.2 cm³/mol. The van der Waals surface area contributed by atoms with Gasteiger partial charge in [0.05, 0.1) is 12.7 Å². The van der Waals surface area contributed by atoms with Crippen molar-refractivity contribution in [2.75, 3.05) is 6.61 Å². The summed E-state index contributed by atoms with van der Waals surface area (Å²) in [5.41, 5.74) is -0.289. The summed E-state index contributed by atoms with van der Waals surface area (Å²) in [6, 6.07) is 7.25. The van der Waals surface area contributed by atoms with Gasteiger partial charge in [0.25, 0.3) is 0 Å². The van der Waals surface area contributed by atoms with Crippen LogP contribution in [0.5, 0.6) is 0 Å². The Hall–Kier alpha value is -1.03. The van der Waals surface area contributed by atoms with Crippen molar-refractivity contribution in [3.05, 3.63) is 35.0 Å². The van der Waals surface area contributed by atoms with Gasteiger partial charge >= 0.3 is 0 Å². The second-order valence-corrected chi connectivity index (χ2v) is 4.92. The van der Waals surface area contributed by atoms with Crippen molar-refractivity contribution in [1.82, 2.24) is 0 Å². The van der Waals surface area contributed by atoms with E-state index in [9.17, 15) is 5.11 Å². The monoisotopic (exact) mass is 252 g/mol. The van der Waals surface area contributed by atoms with Crippen LogP contribution in [0, 0.1) is 0 Å². The molecule has 3 nitrogen and oxygen atoms in total. The van der Waals surface area contributed by atoms with Crippen LogP contribution in [0.1, 0.15) is 19.1 Å². The molecule has 4 heteroatoms. The van der Waals surface area contributed by atoms with E-state index in [4.69, 9.17) is 20.8 Å². The molecular weight excluding hydrogens is 240 g/mol. The first kappa shape index (κ1) is 11.1. The number of furan rings is 1. The average Bonchev–Trinajstić information content (AvgIpc) is 2.84. The standard InChI is InChI=1S/C13H13ClO3/c1-8-13(15,4-5-16-8)12-7-9-6-10(14)2-3-11(9)17-12/h2-3,6-8,15H,4-5H2,1H3. The summed E-state index contributed by atoms with van der Waals surface area (Å²) in [6.07, 6.45) is 0.306. The molecular formula is C13H13ClO3. The van der Waals surface area contributed by atoms with Crippen LogP contribution >= 0.6 is 11.6 Å². The molecule has 2 atom stereocenters. The van der Waals surface area contributed by atoms with Gasteiger partial charge < -0.3 is 14.3 Å². The Kier molecular flexibility index (Phi) is 2.43. The quantitative estimate of drug-likeness (QED) is 0.848. The van der Waals surface area contributed by atoms with Crippen molar-refractivity contribution < 1.29 is 14.3 Å². The topological polar surface area (TPSA) is 42.6 Å². The molecule has 0 saturated carbocycles. The average molecular weight is 253 g/mol. The molecule has 1 aromatic heterocycles. The molecule has 3 rings (SSSR count). The van der Waals surface area contributed by atoms with Crippen LogP contribution in [-0.2, 0) is 10.3 Å². The van der Waals surface area contributed by atoms with Crippen molar-refractivity contribution in [1.29, 1.82) is 0 Å². The zero-order valence-corrected chi connectivity index (χ0v) is 10.2. The largest absolute Gasteiger partial charge is 0.458 e. The summed E-state index contributed by atoms with van der Waals surface area (Å²) in [5.74, 6) is 0.555. The Morgan fingerprint density at radius 1 is 1.41 bits per heavy atom. The van der Waals surface area contributed by atoms with Crippen molar-refractivity contribution in [2.45, 2.75) is 25.0 Å². The highest BCUT2D eigenvalue weighted by atomic mass is 35.5. The second kappa shape index (κ2) is 3.73. The third-order valence-electron chi connectivity index (χ3n) is 3.43. The first-order chi connectivity index (χ1) is 8.09. The maximum absolute atomic E-state index is 10.5. The third kappa shape index (κ3) is 1.66. The zero-order chi connectivity index (χ0) is 12.0. The lowest BCUT2D eigenvalue weighted by Gasteiger charge is -2.22. The molecule has 1 aliphatic rings. The van der Waals surface area contributed by atoms with Gasteiger partial charge in [0, 0.05) is 16.8 Å². The van der Waals surface area contributed by atoms with Gasteiger partial charge in [-0.05, 0) is 31.2 Å². The molecule has 0 amide bonds. The maximum atomic E-state index is 10.5. The number of fused-ring (bicyclic) bond motifs is 1. The lowest BCUT2D eigenvalue weighted by molar-refractivity contribution is -0.0451. The Morgan fingerprint density at radius 2 is 2.24 bits per heavy atom. The molecule has 2 heterocycles. The molecule has 2 aromatic rings. The fraction of sp³-hybridized carbons (Fsp3) is 0.385. The number of ether oxygens (including phenoxy) is 1. The van der Waals surface area contributed by atoms with Crippen molar-refractivity contribution in [3.8, 4) is 0 Å². The number of benzene rings is 1. The van der Waals surface area contributed by atoms with E-state index in [0.717, 1.165) is 11.0 Å². The number of hydrogen-bond acceptors (Lipinski definition) is 3. The van der Waals surface area contributed by atoms with Crippen LogP contribution in [-0.4, -0.2) is 17.8 Å². The van der Waals surface area contributed by atoms with Crippen molar-refractivity contribution >= 4 is 22.6 Å². The SMILES string of the molecule is CC1OCCC1(O)c1cc2cc(Cl)ccc2o1. The highest BCUT2D eigenvalue weighted by molar-refractivity contribution is 6.31. The van der Waals surface area contributed by atoms with Gasteiger partial charge in [-0.3, -0.25) is 0 Å². The lowest BCUT2D eigenvalue weighted by Crippen LogP contribution is -2.32. The van der Waals surface area contributed by atoms with Crippen LogP contribution in [0.15, 0.2) is 28.7 Å². The first-order valence-electron chi connectivity index (χ1n) is 5.63. The minimum absolute atomic E-state index is 0.251. The third-order valence-corrected chi connectivity index (χ3v) is 3.66. The van der Waals surface area contributed by atoms with Crippen LogP contribution < -0.4 is 0 Å². The van der Waals surface area contributed by atoms with E-state index in [0.29, 0.717) is 23.8 Å².